The molecule has 0 fully saturated rings. The lowest BCUT2D eigenvalue weighted by atomic mass is 10.1. The van der Waals surface area contributed by atoms with Crippen molar-refractivity contribution >= 4 is 17.4 Å². The molecule has 1 atom stereocenters. The topological polar surface area (TPSA) is 85.4 Å². The first kappa shape index (κ1) is 19.2. The summed E-state index contributed by atoms with van der Waals surface area (Å²) in [4.78, 5) is 12.5. The number of benzene rings is 2. The molecule has 2 aromatic carbocycles. The Morgan fingerprint density at radius 1 is 0.964 bits per heavy atom. The van der Waals surface area contributed by atoms with Crippen molar-refractivity contribution < 1.29 is 14.3 Å². The van der Waals surface area contributed by atoms with E-state index in [4.69, 9.17) is 9.47 Å². The number of ether oxygens (including phenoxy) is 2. The molecule has 28 heavy (non-hydrogen) atoms. The largest absolute Gasteiger partial charge is 0.497 e. The van der Waals surface area contributed by atoms with Crippen LogP contribution < -0.4 is 20.1 Å². The zero-order valence-electron chi connectivity index (χ0n) is 16.0. The van der Waals surface area contributed by atoms with E-state index < -0.39 is 0 Å². The van der Waals surface area contributed by atoms with Gasteiger partial charge in [0.25, 0.3) is 5.91 Å². The number of rotatable bonds is 7. The van der Waals surface area contributed by atoms with Crippen LogP contribution in [0.2, 0.25) is 0 Å². The van der Waals surface area contributed by atoms with Crippen LogP contribution in [-0.2, 0) is 0 Å². The predicted octanol–water partition coefficient (Wildman–Crippen LogP) is 3.92. The summed E-state index contributed by atoms with van der Waals surface area (Å²) in [6.45, 7) is 2.04. The van der Waals surface area contributed by atoms with Crippen molar-refractivity contribution in [3.8, 4) is 11.5 Å². The molecule has 2 N–H and O–H groups in total. The summed E-state index contributed by atoms with van der Waals surface area (Å²) in [5.41, 5.74) is 1.86. The van der Waals surface area contributed by atoms with Crippen LogP contribution in [0.3, 0.4) is 0 Å². The highest BCUT2D eigenvalue weighted by Crippen LogP contribution is 2.29. The number of nitrogens with one attached hydrogen (secondary N) is 2. The summed E-state index contributed by atoms with van der Waals surface area (Å²) >= 11 is 0. The van der Waals surface area contributed by atoms with Crippen LogP contribution in [0.15, 0.2) is 60.7 Å². The highest BCUT2D eigenvalue weighted by Gasteiger charge is 2.13. The summed E-state index contributed by atoms with van der Waals surface area (Å²) in [5, 5.41) is 14.2. The van der Waals surface area contributed by atoms with E-state index >= 15 is 0 Å². The summed E-state index contributed by atoms with van der Waals surface area (Å²) in [6, 6.07) is 18.6. The van der Waals surface area contributed by atoms with E-state index in [9.17, 15) is 4.79 Å². The second-order valence-corrected chi connectivity index (χ2v) is 6.10. The Bertz CT molecular complexity index is 930. The Balaban J connectivity index is 1.67. The number of anilines is 2. The quantitative estimate of drug-likeness (QED) is 0.648. The lowest BCUT2D eigenvalue weighted by Crippen LogP contribution is -2.16. The minimum Gasteiger partial charge on any atom is -0.497 e. The first-order chi connectivity index (χ1) is 13.6. The molecule has 1 aromatic heterocycles. The summed E-state index contributed by atoms with van der Waals surface area (Å²) in [7, 11) is 3.09. The molecule has 0 aliphatic heterocycles. The monoisotopic (exact) mass is 378 g/mol. The second-order valence-electron chi connectivity index (χ2n) is 6.10. The van der Waals surface area contributed by atoms with Crippen molar-refractivity contribution in [1.82, 2.24) is 10.2 Å². The number of methoxy groups -OCH3 is 2. The zero-order valence-corrected chi connectivity index (χ0v) is 16.0. The van der Waals surface area contributed by atoms with Crippen molar-refractivity contribution in [2.75, 3.05) is 24.9 Å². The van der Waals surface area contributed by atoms with Gasteiger partial charge in [-0.1, -0.05) is 30.3 Å². The van der Waals surface area contributed by atoms with Crippen molar-refractivity contribution in [3.05, 3.63) is 71.9 Å². The molecule has 0 bridgehead atoms. The van der Waals surface area contributed by atoms with E-state index in [0.29, 0.717) is 23.0 Å². The molecule has 0 saturated carbocycles. The molecule has 1 heterocycles. The maximum atomic E-state index is 12.5. The second kappa shape index (κ2) is 8.85. The van der Waals surface area contributed by atoms with E-state index in [0.717, 1.165) is 5.56 Å². The maximum absolute atomic E-state index is 12.5. The Morgan fingerprint density at radius 3 is 2.39 bits per heavy atom. The van der Waals surface area contributed by atoms with Crippen molar-refractivity contribution in [2.45, 2.75) is 13.0 Å². The smallest absolute Gasteiger partial charge is 0.276 e. The van der Waals surface area contributed by atoms with E-state index in [1.807, 2.05) is 37.3 Å². The fourth-order valence-corrected chi connectivity index (χ4v) is 2.67. The Hall–Kier alpha value is -3.61. The lowest BCUT2D eigenvalue weighted by Gasteiger charge is -2.14. The molecule has 3 aromatic rings. The molecule has 144 valence electrons. The molecule has 0 radical (unpaired) electrons. The van der Waals surface area contributed by atoms with E-state index in [1.165, 1.54) is 7.11 Å². The number of hydrogen-bond acceptors (Lipinski definition) is 6. The number of carbonyl (C=O) groups excluding carboxylic acids is 1. The Labute approximate surface area is 163 Å². The normalized spacial score (nSPS) is 11.4. The fourth-order valence-electron chi connectivity index (χ4n) is 2.67. The van der Waals surface area contributed by atoms with Crippen molar-refractivity contribution in [3.63, 3.8) is 0 Å². The molecular formula is C21H22N4O3. The average molecular weight is 378 g/mol. The third-order valence-electron chi connectivity index (χ3n) is 4.22. The first-order valence-corrected chi connectivity index (χ1v) is 8.79. The summed E-state index contributed by atoms with van der Waals surface area (Å²) in [6.07, 6.45) is 0. The van der Waals surface area contributed by atoms with Gasteiger partial charge in [-0.25, -0.2) is 0 Å². The van der Waals surface area contributed by atoms with Gasteiger partial charge in [0.05, 0.1) is 19.9 Å². The van der Waals surface area contributed by atoms with Gasteiger partial charge in [0.15, 0.2) is 5.69 Å². The zero-order chi connectivity index (χ0) is 19.9. The third-order valence-corrected chi connectivity index (χ3v) is 4.22. The number of hydrogen-bond donors (Lipinski definition) is 2. The summed E-state index contributed by atoms with van der Waals surface area (Å²) in [5.74, 6) is 1.35. The molecule has 7 nitrogen and oxygen atoms in total. The molecule has 7 heteroatoms. The molecule has 1 amide bonds. The molecule has 0 aliphatic rings. The van der Waals surface area contributed by atoms with Gasteiger partial charge in [-0.3, -0.25) is 4.79 Å². The minimum atomic E-state index is -0.376. The average Bonchev–Trinajstić information content (AvgIpc) is 2.75. The Kier molecular flexibility index (Phi) is 6.06. The predicted molar refractivity (Wildman–Crippen MR) is 108 cm³/mol. The molecule has 1 unspecified atom stereocenters. The molecule has 0 saturated heterocycles. The van der Waals surface area contributed by atoms with Crippen LogP contribution in [0, 0.1) is 0 Å². The highest BCUT2D eigenvalue weighted by molar-refractivity contribution is 6.03. The van der Waals surface area contributed by atoms with Crippen LogP contribution in [0.5, 0.6) is 11.5 Å². The van der Waals surface area contributed by atoms with E-state index in [-0.39, 0.29) is 17.6 Å². The molecule has 0 spiro atoms. The van der Waals surface area contributed by atoms with Crippen LogP contribution >= 0.6 is 0 Å². The molecular weight excluding hydrogens is 356 g/mol. The number of amides is 1. The fraction of sp³-hybridized carbons (Fsp3) is 0.190. The first-order valence-electron chi connectivity index (χ1n) is 8.79. The van der Waals surface area contributed by atoms with Gasteiger partial charge in [-0.2, -0.15) is 0 Å². The molecule has 3 rings (SSSR count). The number of nitrogens with zero attached hydrogens (tertiary/aromatic N) is 2. The van der Waals surface area contributed by atoms with Gasteiger partial charge < -0.3 is 20.1 Å². The highest BCUT2D eigenvalue weighted by atomic mass is 16.5. The maximum Gasteiger partial charge on any atom is 0.276 e. The SMILES string of the molecule is COc1ccc(NC(=O)c2ccc(NC(C)c3ccccc3)nn2)c(OC)c1. The van der Waals surface area contributed by atoms with E-state index in [1.54, 1.807) is 37.4 Å². The van der Waals surface area contributed by atoms with Crippen molar-refractivity contribution in [1.29, 1.82) is 0 Å². The standard InChI is InChI=1S/C21H22N4O3/c1-14(15-7-5-4-6-8-15)22-20-12-11-18(24-25-20)21(26)23-17-10-9-16(27-2)13-19(17)28-3/h4-14H,1-3H3,(H,22,25)(H,23,26). The van der Waals surface area contributed by atoms with Crippen molar-refractivity contribution in [2.24, 2.45) is 0 Å². The van der Waals surface area contributed by atoms with Gasteiger partial charge in [-0.05, 0) is 36.8 Å². The third kappa shape index (κ3) is 4.56. The van der Waals surface area contributed by atoms with Gasteiger partial charge in [0.2, 0.25) is 0 Å². The van der Waals surface area contributed by atoms with Gasteiger partial charge in [0, 0.05) is 12.1 Å². The van der Waals surface area contributed by atoms with Crippen LogP contribution in [0.1, 0.15) is 29.0 Å². The van der Waals surface area contributed by atoms with Gasteiger partial charge in [-0.15, -0.1) is 10.2 Å². The summed E-state index contributed by atoms with van der Waals surface area (Å²) < 4.78 is 10.4. The Morgan fingerprint density at radius 2 is 1.75 bits per heavy atom. The number of aromatic nitrogens is 2. The molecule has 0 aliphatic carbocycles. The minimum absolute atomic E-state index is 0.0683. The van der Waals surface area contributed by atoms with Gasteiger partial charge in [0.1, 0.15) is 17.3 Å². The number of carbonyl (C=O) groups is 1. The lowest BCUT2D eigenvalue weighted by molar-refractivity contribution is 0.102. The van der Waals surface area contributed by atoms with Crippen LogP contribution in [0.25, 0.3) is 0 Å². The van der Waals surface area contributed by atoms with Gasteiger partial charge >= 0.3 is 0 Å². The van der Waals surface area contributed by atoms with E-state index in [2.05, 4.69) is 20.8 Å². The van der Waals surface area contributed by atoms with Crippen LogP contribution in [-0.4, -0.2) is 30.3 Å². The van der Waals surface area contributed by atoms with Crippen LogP contribution in [0.4, 0.5) is 11.5 Å².